The molecule has 1 aromatic heterocycles. The molecule has 0 bridgehead atoms. The van der Waals surface area contributed by atoms with E-state index in [2.05, 4.69) is 4.98 Å². The number of hydrogen-bond acceptors (Lipinski definition) is 4. The normalized spacial score (nSPS) is 25.0. The Morgan fingerprint density at radius 3 is 2.19 bits per heavy atom. The molecule has 1 saturated heterocycles. The van der Waals surface area contributed by atoms with Gasteiger partial charge in [-0.25, -0.2) is 13.4 Å². The molecule has 2 aliphatic rings. The van der Waals surface area contributed by atoms with Gasteiger partial charge in [0.05, 0.1) is 5.69 Å². The van der Waals surface area contributed by atoms with E-state index in [0.29, 0.717) is 0 Å². The number of rotatable bonds is 4. The Labute approximate surface area is 163 Å². The van der Waals surface area contributed by atoms with Crippen LogP contribution in [-0.2, 0) is 14.6 Å². The zero-order valence-corrected chi connectivity index (χ0v) is 17.9. The van der Waals surface area contributed by atoms with Crippen molar-refractivity contribution in [1.29, 1.82) is 0 Å². The van der Waals surface area contributed by atoms with Crippen LogP contribution in [0.15, 0.2) is 5.16 Å². The monoisotopic (exact) mass is 395 g/mol. The molecule has 27 heavy (non-hydrogen) atoms. The standard InChI is InChI=1S/C20H33N3O3S/c1-14-9-8-10-15(2)22(14)19(24)13-27(25,26)20-21-16(3)17(4)23(20)18-11-6-5-7-12-18/h14-15,18H,5-13H2,1-4H3. The first-order chi connectivity index (χ1) is 12.7. The number of sulfone groups is 1. The van der Waals surface area contributed by atoms with Gasteiger partial charge in [-0.1, -0.05) is 19.3 Å². The molecule has 2 fully saturated rings. The summed E-state index contributed by atoms with van der Waals surface area (Å²) in [4.78, 5) is 19.1. The Morgan fingerprint density at radius 2 is 1.59 bits per heavy atom. The van der Waals surface area contributed by atoms with Gasteiger partial charge in [-0.05, 0) is 59.8 Å². The number of carbonyl (C=O) groups is 1. The van der Waals surface area contributed by atoms with E-state index in [0.717, 1.165) is 56.3 Å². The first-order valence-corrected chi connectivity index (χ1v) is 12.0. The Balaban J connectivity index is 1.88. The van der Waals surface area contributed by atoms with E-state index in [-0.39, 0.29) is 29.2 Å². The second-order valence-corrected chi connectivity index (χ2v) is 10.3. The lowest BCUT2D eigenvalue weighted by molar-refractivity contribution is -0.134. The van der Waals surface area contributed by atoms with Gasteiger partial charge in [-0.3, -0.25) is 4.79 Å². The molecule has 152 valence electrons. The molecule has 2 unspecified atom stereocenters. The lowest BCUT2D eigenvalue weighted by Crippen LogP contribution is -2.49. The summed E-state index contributed by atoms with van der Waals surface area (Å²) in [6.45, 7) is 7.81. The Morgan fingerprint density at radius 1 is 1.00 bits per heavy atom. The molecule has 6 nitrogen and oxygen atoms in total. The van der Waals surface area contributed by atoms with E-state index in [4.69, 9.17) is 0 Å². The topological polar surface area (TPSA) is 72.3 Å². The maximum absolute atomic E-state index is 13.2. The number of nitrogens with zero attached hydrogens (tertiary/aromatic N) is 3. The van der Waals surface area contributed by atoms with Gasteiger partial charge in [0.1, 0.15) is 5.75 Å². The van der Waals surface area contributed by atoms with Gasteiger partial charge in [-0.15, -0.1) is 0 Å². The highest BCUT2D eigenvalue weighted by Crippen LogP contribution is 2.33. The third-order valence-electron chi connectivity index (χ3n) is 6.37. The number of carbonyl (C=O) groups excluding carboxylic acids is 1. The van der Waals surface area contributed by atoms with Gasteiger partial charge in [0.15, 0.2) is 0 Å². The van der Waals surface area contributed by atoms with Crippen LogP contribution in [0.25, 0.3) is 0 Å². The van der Waals surface area contributed by atoms with E-state index in [1.165, 1.54) is 6.42 Å². The minimum absolute atomic E-state index is 0.0927. The second kappa shape index (κ2) is 7.94. The smallest absolute Gasteiger partial charge is 0.238 e. The number of likely N-dealkylation sites (tertiary alicyclic amines) is 1. The molecular formula is C20H33N3O3S. The molecule has 0 spiro atoms. The number of aromatic nitrogens is 2. The number of hydrogen-bond donors (Lipinski definition) is 0. The summed E-state index contributed by atoms with van der Waals surface area (Å²) in [6, 6.07) is 0.365. The second-order valence-electron chi connectivity index (χ2n) is 8.42. The summed E-state index contributed by atoms with van der Waals surface area (Å²) in [5.74, 6) is -0.771. The molecule has 2 atom stereocenters. The van der Waals surface area contributed by atoms with Crippen molar-refractivity contribution < 1.29 is 13.2 Å². The molecule has 1 aromatic rings. The molecule has 0 aromatic carbocycles. The fourth-order valence-electron chi connectivity index (χ4n) is 4.80. The van der Waals surface area contributed by atoms with Gasteiger partial charge in [0.25, 0.3) is 0 Å². The number of amides is 1. The van der Waals surface area contributed by atoms with E-state index in [1.54, 1.807) is 4.90 Å². The van der Waals surface area contributed by atoms with Crippen LogP contribution in [0.5, 0.6) is 0 Å². The fourth-order valence-corrected chi connectivity index (χ4v) is 6.26. The maximum atomic E-state index is 13.2. The summed E-state index contributed by atoms with van der Waals surface area (Å²) in [6.07, 6.45) is 8.35. The van der Waals surface area contributed by atoms with Crippen LogP contribution in [0.4, 0.5) is 0 Å². The lowest BCUT2D eigenvalue weighted by atomic mass is 9.95. The highest BCUT2D eigenvalue weighted by Gasteiger charge is 2.35. The van der Waals surface area contributed by atoms with Gasteiger partial charge in [0, 0.05) is 23.8 Å². The first-order valence-electron chi connectivity index (χ1n) is 10.3. The van der Waals surface area contributed by atoms with Crippen LogP contribution in [0.2, 0.25) is 0 Å². The van der Waals surface area contributed by atoms with Crippen LogP contribution < -0.4 is 0 Å². The predicted octanol–water partition coefficient (Wildman–Crippen LogP) is 3.57. The van der Waals surface area contributed by atoms with E-state index >= 15 is 0 Å². The summed E-state index contributed by atoms with van der Waals surface area (Å²) >= 11 is 0. The third-order valence-corrected chi connectivity index (χ3v) is 7.84. The molecule has 1 amide bonds. The van der Waals surface area contributed by atoms with Crippen LogP contribution in [-0.4, -0.2) is 46.6 Å². The predicted molar refractivity (Wildman–Crippen MR) is 105 cm³/mol. The van der Waals surface area contributed by atoms with Crippen LogP contribution in [0, 0.1) is 13.8 Å². The maximum Gasteiger partial charge on any atom is 0.238 e. The van der Waals surface area contributed by atoms with Gasteiger partial charge in [0.2, 0.25) is 20.9 Å². The quantitative estimate of drug-likeness (QED) is 0.781. The van der Waals surface area contributed by atoms with Crippen molar-refractivity contribution in [2.24, 2.45) is 0 Å². The van der Waals surface area contributed by atoms with E-state index in [9.17, 15) is 13.2 Å². The molecule has 0 radical (unpaired) electrons. The minimum atomic E-state index is -3.78. The van der Waals surface area contributed by atoms with Crippen molar-refractivity contribution in [2.45, 2.75) is 102 Å². The summed E-state index contributed by atoms with van der Waals surface area (Å²) in [7, 11) is -3.78. The van der Waals surface area contributed by atoms with Crippen molar-refractivity contribution in [3.05, 3.63) is 11.4 Å². The summed E-state index contributed by atoms with van der Waals surface area (Å²) in [5, 5.41) is 0.0927. The van der Waals surface area contributed by atoms with Crippen molar-refractivity contribution >= 4 is 15.7 Å². The fraction of sp³-hybridized carbons (Fsp3) is 0.800. The number of piperidine rings is 1. The number of aryl methyl sites for hydroxylation is 1. The summed E-state index contributed by atoms with van der Waals surface area (Å²) in [5.41, 5.74) is 1.65. The molecule has 1 aliphatic heterocycles. The Kier molecular flexibility index (Phi) is 5.99. The highest BCUT2D eigenvalue weighted by atomic mass is 32.2. The van der Waals surface area contributed by atoms with Gasteiger partial charge in [-0.2, -0.15) is 0 Å². The largest absolute Gasteiger partial charge is 0.336 e. The van der Waals surface area contributed by atoms with Crippen LogP contribution >= 0.6 is 0 Å². The lowest BCUT2D eigenvalue weighted by Gasteiger charge is -2.39. The van der Waals surface area contributed by atoms with Crippen LogP contribution in [0.1, 0.15) is 82.6 Å². The van der Waals surface area contributed by atoms with Crippen LogP contribution in [0.3, 0.4) is 0 Å². The first kappa shape index (κ1) is 20.4. The molecule has 3 rings (SSSR count). The van der Waals surface area contributed by atoms with E-state index in [1.807, 2.05) is 32.3 Å². The Hall–Kier alpha value is -1.37. The third kappa shape index (κ3) is 4.08. The zero-order chi connectivity index (χ0) is 19.8. The molecule has 1 aliphatic carbocycles. The van der Waals surface area contributed by atoms with Crippen molar-refractivity contribution in [3.63, 3.8) is 0 Å². The molecule has 1 saturated carbocycles. The number of imidazole rings is 1. The van der Waals surface area contributed by atoms with E-state index < -0.39 is 15.6 Å². The average Bonchev–Trinajstić information content (AvgIpc) is 2.91. The highest BCUT2D eigenvalue weighted by molar-refractivity contribution is 7.92. The Bertz CT molecular complexity index is 784. The van der Waals surface area contributed by atoms with Gasteiger partial charge >= 0.3 is 0 Å². The van der Waals surface area contributed by atoms with Crippen molar-refractivity contribution in [2.75, 3.05) is 5.75 Å². The molecule has 0 N–H and O–H groups in total. The zero-order valence-electron chi connectivity index (χ0n) is 17.1. The minimum Gasteiger partial charge on any atom is -0.336 e. The van der Waals surface area contributed by atoms with Crippen molar-refractivity contribution in [1.82, 2.24) is 14.5 Å². The van der Waals surface area contributed by atoms with Crippen molar-refractivity contribution in [3.8, 4) is 0 Å². The molecule has 2 heterocycles. The molecule has 7 heteroatoms. The SMILES string of the molecule is Cc1nc(S(=O)(=O)CC(=O)N2C(C)CCCC2C)n(C2CCCCC2)c1C. The van der Waals surface area contributed by atoms with Gasteiger partial charge < -0.3 is 9.47 Å². The average molecular weight is 396 g/mol. The molecular weight excluding hydrogens is 362 g/mol. The summed E-state index contributed by atoms with van der Waals surface area (Å²) < 4.78 is 28.3.